The number of benzene rings is 2. The van der Waals surface area contributed by atoms with Crippen LogP contribution in [0, 0.1) is 0 Å². The van der Waals surface area contributed by atoms with Gasteiger partial charge in [-0.25, -0.2) is 0 Å². The third kappa shape index (κ3) is 7.04. The van der Waals surface area contributed by atoms with Gasteiger partial charge in [-0.2, -0.15) is 0 Å². The minimum atomic E-state index is 0. The first-order chi connectivity index (χ1) is 14.6. The van der Waals surface area contributed by atoms with Crippen LogP contribution < -0.4 is 0 Å². The monoisotopic (exact) mass is 574 g/mol. The van der Waals surface area contributed by atoms with Crippen molar-refractivity contribution >= 4 is 69.5 Å². The molecular formula is C24H26BrCl3N2OS. The third-order valence-corrected chi connectivity index (χ3v) is 7.49. The van der Waals surface area contributed by atoms with Crippen molar-refractivity contribution in [3.05, 3.63) is 91.5 Å². The van der Waals surface area contributed by atoms with E-state index in [0.717, 1.165) is 46.4 Å². The molecule has 0 saturated carbocycles. The van der Waals surface area contributed by atoms with Gasteiger partial charge in [-0.05, 0) is 51.3 Å². The number of thiophene rings is 1. The number of hydrogen-bond acceptors (Lipinski definition) is 4. The molecule has 1 unspecified atom stereocenters. The van der Waals surface area contributed by atoms with Crippen molar-refractivity contribution < 1.29 is 4.79 Å². The van der Waals surface area contributed by atoms with Gasteiger partial charge in [0.1, 0.15) is 0 Å². The lowest BCUT2D eigenvalue weighted by atomic mass is 9.96. The Kier molecular flexibility index (Phi) is 11.2. The van der Waals surface area contributed by atoms with E-state index in [1.807, 2.05) is 24.3 Å². The molecule has 3 aromatic rings. The lowest BCUT2D eigenvalue weighted by Gasteiger charge is -2.39. The van der Waals surface area contributed by atoms with Gasteiger partial charge in [0.15, 0.2) is 5.78 Å². The quantitative estimate of drug-likeness (QED) is 0.283. The minimum Gasteiger partial charge on any atom is -0.300 e. The van der Waals surface area contributed by atoms with Crippen molar-refractivity contribution in [1.82, 2.24) is 9.80 Å². The van der Waals surface area contributed by atoms with Crippen LogP contribution in [0.4, 0.5) is 0 Å². The molecular weight excluding hydrogens is 551 g/mol. The van der Waals surface area contributed by atoms with Gasteiger partial charge in [-0.1, -0.05) is 54.1 Å². The Hall–Kier alpha value is -0.920. The van der Waals surface area contributed by atoms with Crippen molar-refractivity contribution in [2.45, 2.75) is 12.5 Å². The summed E-state index contributed by atoms with van der Waals surface area (Å²) in [5, 5.41) is 0.762. The maximum Gasteiger partial charge on any atom is 0.174 e. The minimum absolute atomic E-state index is 0. The molecule has 0 radical (unpaired) electrons. The van der Waals surface area contributed by atoms with Gasteiger partial charge in [0.05, 0.1) is 14.7 Å². The van der Waals surface area contributed by atoms with Crippen molar-refractivity contribution in [1.29, 1.82) is 0 Å². The average Bonchev–Trinajstić information content (AvgIpc) is 3.22. The number of piperazine rings is 1. The fourth-order valence-electron chi connectivity index (χ4n) is 3.99. The zero-order chi connectivity index (χ0) is 20.9. The van der Waals surface area contributed by atoms with E-state index in [2.05, 4.69) is 68.2 Å². The van der Waals surface area contributed by atoms with Crippen LogP contribution in [0.15, 0.2) is 70.5 Å². The summed E-state index contributed by atoms with van der Waals surface area (Å²) in [6.45, 7) is 4.71. The second-order valence-corrected chi connectivity index (χ2v) is 10.4. The summed E-state index contributed by atoms with van der Waals surface area (Å²) in [5.74, 6) is 0.233. The molecule has 172 valence electrons. The summed E-state index contributed by atoms with van der Waals surface area (Å²) in [5.41, 5.74) is 2.56. The summed E-state index contributed by atoms with van der Waals surface area (Å²) in [6.07, 6.45) is 0.576. The van der Waals surface area contributed by atoms with Crippen LogP contribution in [0.25, 0.3) is 0 Å². The summed E-state index contributed by atoms with van der Waals surface area (Å²) < 4.78 is 1.01. The number of nitrogens with zero attached hydrogens (tertiary/aromatic N) is 2. The molecule has 2 aromatic carbocycles. The van der Waals surface area contributed by atoms with Crippen LogP contribution in [-0.4, -0.2) is 48.3 Å². The summed E-state index contributed by atoms with van der Waals surface area (Å²) in [4.78, 5) is 18.2. The van der Waals surface area contributed by atoms with E-state index in [4.69, 9.17) is 11.6 Å². The van der Waals surface area contributed by atoms with Crippen LogP contribution in [0.3, 0.4) is 0 Å². The molecule has 1 aromatic heterocycles. The first kappa shape index (κ1) is 27.3. The van der Waals surface area contributed by atoms with Crippen molar-refractivity contribution in [2.75, 3.05) is 32.7 Å². The molecule has 1 fully saturated rings. The second-order valence-electron chi connectivity index (χ2n) is 7.52. The lowest BCUT2D eigenvalue weighted by molar-refractivity contribution is 0.0896. The number of carbonyl (C=O) groups is 1. The Labute approximate surface area is 219 Å². The van der Waals surface area contributed by atoms with Crippen molar-refractivity contribution in [3.8, 4) is 0 Å². The van der Waals surface area contributed by atoms with E-state index in [1.54, 1.807) is 0 Å². The zero-order valence-electron chi connectivity index (χ0n) is 17.5. The highest BCUT2D eigenvalue weighted by atomic mass is 79.9. The van der Waals surface area contributed by atoms with E-state index in [1.165, 1.54) is 22.5 Å². The molecule has 2 heterocycles. The fourth-order valence-corrected chi connectivity index (χ4v) is 5.47. The van der Waals surface area contributed by atoms with Crippen LogP contribution in [0.5, 0.6) is 0 Å². The van der Waals surface area contributed by atoms with E-state index in [-0.39, 0.29) is 36.6 Å². The number of carbonyl (C=O) groups excluding carboxylic acids is 1. The van der Waals surface area contributed by atoms with E-state index in [9.17, 15) is 4.79 Å². The first-order valence-electron chi connectivity index (χ1n) is 10.2. The Morgan fingerprint density at radius 1 is 0.906 bits per heavy atom. The predicted octanol–water partition coefficient (Wildman–Crippen LogP) is 6.99. The number of halogens is 4. The highest BCUT2D eigenvalue weighted by Gasteiger charge is 2.26. The average molecular weight is 577 g/mol. The topological polar surface area (TPSA) is 23.6 Å². The van der Waals surface area contributed by atoms with Gasteiger partial charge in [0, 0.05) is 44.2 Å². The van der Waals surface area contributed by atoms with E-state index >= 15 is 0 Å². The van der Waals surface area contributed by atoms with Gasteiger partial charge in [-0.3, -0.25) is 9.69 Å². The zero-order valence-corrected chi connectivity index (χ0v) is 22.2. The van der Waals surface area contributed by atoms with Crippen molar-refractivity contribution in [2.24, 2.45) is 0 Å². The number of Topliss-reactive ketones (excluding diaryl/α,β-unsaturated/α-hetero) is 1. The van der Waals surface area contributed by atoms with Gasteiger partial charge < -0.3 is 4.90 Å². The molecule has 4 rings (SSSR count). The Morgan fingerprint density at radius 2 is 1.53 bits per heavy atom. The highest BCUT2D eigenvalue weighted by molar-refractivity contribution is 9.11. The van der Waals surface area contributed by atoms with Gasteiger partial charge in [0.25, 0.3) is 0 Å². The molecule has 8 heteroatoms. The molecule has 0 bridgehead atoms. The number of rotatable bonds is 7. The largest absolute Gasteiger partial charge is 0.300 e. The molecule has 1 atom stereocenters. The lowest BCUT2D eigenvalue weighted by Crippen LogP contribution is -2.48. The van der Waals surface area contributed by atoms with Crippen LogP contribution in [-0.2, 0) is 0 Å². The molecule has 0 N–H and O–H groups in total. The van der Waals surface area contributed by atoms with Gasteiger partial charge in [0.2, 0.25) is 0 Å². The number of ketones is 1. The van der Waals surface area contributed by atoms with Crippen LogP contribution in [0.1, 0.15) is 33.3 Å². The molecule has 32 heavy (non-hydrogen) atoms. The fraction of sp³-hybridized carbons (Fsp3) is 0.292. The molecule has 1 aliphatic rings. The predicted molar refractivity (Wildman–Crippen MR) is 143 cm³/mol. The van der Waals surface area contributed by atoms with Crippen molar-refractivity contribution in [3.63, 3.8) is 0 Å². The summed E-state index contributed by atoms with van der Waals surface area (Å²) >= 11 is 11.1. The molecule has 0 aliphatic carbocycles. The highest BCUT2D eigenvalue weighted by Crippen LogP contribution is 2.30. The Balaban J connectivity index is 0.00000181. The molecule has 1 saturated heterocycles. The molecule has 1 aliphatic heterocycles. The first-order valence-corrected chi connectivity index (χ1v) is 12.1. The molecule has 3 nitrogen and oxygen atoms in total. The molecule has 0 amide bonds. The summed E-state index contributed by atoms with van der Waals surface area (Å²) in [7, 11) is 0. The molecule has 0 spiro atoms. The van der Waals surface area contributed by atoms with E-state index < -0.39 is 0 Å². The Bertz CT molecular complexity index is 976. The normalized spacial score (nSPS) is 15.4. The van der Waals surface area contributed by atoms with Crippen LogP contribution >= 0.6 is 63.7 Å². The van der Waals surface area contributed by atoms with Gasteiger partial charge >= 0.3 is 0 Å². The number of hydrogen-bond donors (Lipinski definition) is 0. The maximum absolute atomic E-state index is 12.4. The standard InChI is InChI=1S/C24H24BrClN2OS.2ClH/c25-23-11-10-22(30-23)21(29)12-13-27-14-16-28(17-15-27)24(18-4-2-1-3-5-18)19-6-8-20(26)9-7-19;;/h1-11,24H,12-17H2;2*1H. The smallest absolute Gasteiger partial charge is 0.174 e. The van der Waals surface area contributed by atoms with E-state index in [0.29, 0.717) is 6.42 Å². The Morgan fingerprint density at radius 3 is 2.12 bits per heavy atom. The third-order valence-electron chi connectivity index (χ3n) is 5.58. The second kappa shape index (κ2) is 13.1. The summed E-state index contributed by atoms with van der Waals surface area (Å²) in [6, 6.07) is 22.9. The SMILES string of the molecule is Cl.Cl.O=C(CCN1CCN(C(c2ccccc2)c2ccc(Cl)cc2)CC1)c1ccc(Br)s1. The van der Waals surface area contributed by atoms with Crippen LogP contribution in [0.2, 0.25) is 5.02 Å². The van der Waals surface area contributed by atoms with Gasteiger partial charge in [-0.15, -0.1) is 36.2 Å². The maximum atomic E-state index is 12.4.